The number of carbonyl (C=O) groups excluding carboxylic acids is 1. The van der Waals surface area contributed by atoms with Crippen LogP contribution in [0.2, 0.25) is 5.02 Å². The minimum Gasteiger partial charge on any atom is -0.489 e. The second kappa shape index (κ2) is 5.14. The number of amides is 1. The molecule has 1 aliphatic heterocycles. The number of carbonyl (C=O) groups is 2. The molecule has 1 aliphatic rings. The molecule has 6 nitrogen and oxygen atoms in total. The average molecular weight is 272 g/mol. The third-order valence-electron chi connectivity index (χ3n) is 2.36. The van der Waals surface area contributed by atoms with Crippen LogP contribution in [0, 0.1) is 0 Å². The van der Waals surface area contributed by atoms with Gasteiger partial charge in [0.25, 0.3) is 0 Å². The number of cyclic esters (lactones) is 1. The van der Waals surface area contributed by atoms with E-state index < -0.39 is 18.2 Å². The lowest BCUT2D eigenvalue weighted by Crippen LogP contribution is -2.22. The lowest BCUT2D eigenvalue weighted by Gasteiger charge is -2.12. The molecular weight excluding hydrogens is 262 g/mol. The van der Waals surface area contributed by atoms with Gasteiger partial charge in [-0.1, -0.05) is 17.7 Å². The fourth-order valence-electron chi connectivity index (χ4n) is 1.54. The fourth-order valence-corrected chi connectivity index (χ4v) is 1.79. The topological polar surface area (TPSA) is 84.9 Å². The zero-order valence-corrected chi connectivity index (χ0v) is 9.94. The molecule has 1 unspecified atom stereocenters. The van der Waals surface area contributed by atoms with Crippen molar-refractivity contribution >= 4 is 23.7 Å². The van der Waals surface area contributed by atoms with Crippen molar-refractivity contribution in [1.29, 1.82) is 0 Å². The number of ether oxygens (including phenoxy) is 2. The second-order valence-corrected chi connectivity index (χ2v) is 4.04. The zero-order valence-electron chi connectivity index (χ0n) is 9.18. The van der Waals surface area contributed by atoms with Crippen LogP contribution in [0.25, 0.3) is 0 Å². The zero-order chi connectivity index (χ0) is 13.1. The molecule has 1 aromatic rings. The lowest BCUT2D eigenvalue weighted by molar-refractivity contribution is 0.0684. The minimum absolute atomic E-state index is 0.0688. The number of carboxylic acid groups (broad SMARTS) is 1. The molecule has 0 bridgehead atoms. The number of alkyl carbamates (subject to hydrolysis) is 1. The maximum Gasteiger partial charge on any atom is 0.407 e. The van der Waals surface area contributed by atoms with Gasteiger partial charge in [0.2, 0.25) is 0 Å². The minimum atomic E-state index is -1.17. The molecule has 0 aliphatic carbocycles. The molecule has 0 spiro atoms. The maximum atomic E-state index is 11.0. The molecule has 7 heteroatoms. The van der Waals surface area contributed by atoms with Gasteiger partial charge in [0, 0.05) is 0 Å². The number of hydrogen-bond acceptors (Lipinski definition) is 4. The van der Waals surface area contributed by atoms with Gasteiger partial charge < -0.3 is 19.9 Å². The summed E-state index contributed by atoms with van der Waals surface area (Å²) in [5, 5.41) is 11.6. The van der Waals surface area contributed by atoms with Gasteiger partial charge in [0.1, 0.15) is 17.9 Å². The SMILES string of the molecule is O=C1NCC(COc2cccc(Cl)c2C(=O)O)O1. The number of nitrogens with one attached hydrogen (secondary N) is 1. The van der Waals surface area contributed by atoms with Gasteiger partial charge in [0.15, 0.2) is 6.10 Å². The molecule has 96 valence electrons. The molecule has 2 rings (SSSR count). The first-order valence-electron chi connectivity index (χ1n) is 5.17. The Morgan fingerprint density at radius 2 is 2.39 bits per heavy atom. The number of aromatic carboxylic acids is 1. The number of halogens is 1. The number of rotatable bonds is 4. The summed E-state index contributed by atoms with van der Waals surface area (Å²) in [5.74, 6) is -1.02. The Morgan fingerprint density at radius 3 is 3.00 bits per heavy atom. The highest BCUT2D eigenvalue weighted by Gasteiger charge is 2.24. The molecule has 0 saturated carbocycles. The molecule has 2 N–H and O–H groups in total. The van der Waals surface area contributed by atoms with Crippen molar-refractivity contribution in [2.45, 2.75) is 6.10 Å². The van der Waals surface area contributed by atoms with E-state index in [9.17, 15) is 9.59 Å². The average Bonchev–Trinajstić information content (AvgIpc) is 2.72. The smallest absolute Gasteiger partial charge is 0.407 e. The summed E-state index contributed by atoms with van der Waals surface area (Å²) in [6, 6.07) is 4.55. The van der Waals surface area contributed by atoms with E-state index in [1.54, 1.807) is 6.07 Å². The van der Waals surface area contributed by atoms with Crippen LogP contribution in [0.15, 0.2) is 18.2 Å². The summed E-state index contributed by atoms with van der Waals surface area (Å²) >= 11 is 5.78. The molecular formula is C11H10ClNO5. The summed E-state index contributed by atoms with van der Waals surface area (Å²) < 4.78 is 10.2. The Kier molecular flexibility index (Phi) is 3.57. The van der Waals surface area contributed by atoms with Crippen molar-refractivity contribution in [2.24, 2.45) is 0 Å². The Hall–Kier alpha value is -1.95. The highest BCUT2D eigenvalue weighted by atomic mass is 35.5. The predicted octanol–water partition coefficient (Wildman–Crippen LogP) is 1.53. The van der Waals surface area contributed by atoms with Crippen LogP contribution in [-0.4, -0.2) is 36.4 Å². The van der Waals surface area contributed by atoms with E-state index >= 15 is 0 Å². The van der Waals surface area contributed by atoms with E-state index in [2.05, 4.69) is 5.32 Å². The van der Waals surface area contributed by atoms with Gasteiger partial charge in [-0.25, -0.2) is 9.59 Å². The molecule has 0 radical (unpaired) electrons. The molecule has 1 saturated heterocycles. The monoisotopic (exact) mass is 271 g/mol. The van der Waals surface area contributed by atoms with Crippen LogP contribution in [0.3, 0.4) is 0 Å². The Labute approximate surface area is 107 Å². The van der Waals surface area contributed by atoms with E-state index in [0.717, 1.165) is 0 Å². The molecule has 1 aromatic carbocycles. The van der Waals surface area contributed by atoms with Gasteiger partial charge in [0.05, 0.1) is 11.6 Å². The van der Waals surface area contributed by atoms with Gasteiger partial charge in [-0.05, 0) is 12.1 Å². The van der Waals surface area contributed by atoms with Crippen molar-refractivity contribution in [3.8, 4) is 5.75 Å². The fraction of sp³-hybridized carbons (Fsp3) is 0.273. The van der Waals surface area contributed by atoms with Crippen molar-refractivity contribution in [3.63, 3.8) is 0 Å². The van der Waals surface area contributed by atoms with Gasteiger partial charge in [-0.15, -0.1) is 0 Å². The first kappa shape index (κ1) is 12.5. The highest BCUT2D eigenvalue weighted by Crippen LogP contribution is 2.26. The number of benzene rings is 1. The van der Waals surface area contributed by atoms with Gasteiger partial charge in [-0.3, -0.25) is 0 Å². The Bertz CT molecular complexity index is 490. The quantitative estimate of drug-likeness (QED) is 0.867. The first-order chi connectivity index (χ1) is 8.58. The first-order valence-corrected chi connectivity index (χ1v) is 5.55. The number of hydrogen-bond donors (Lipinski definition) is 2. The Morgan fingerprint density at radius 1 is 1.61 bits per heavy atom. The molecule has 1 fully saturated rings. The van der Waals surface area contributed by atoms with Gasteiger partial charge >= 0.3 is 12.1 Å². The number of carboxylic acids is 1. The van der Waals surface area contributed by atoms with Crippen LogP contribution in [0.5, 0.6) is 5.75 Å². The van der Waals surface area contributed by atoms with E-state index in [0.29, 0.717) is 6.54 Å². The lowest BCUT2D eigenvalue weighted by atomic mass is 10.2. The van der Waals surface area contributed by atoms with Crippen LogP contribution in [-0.2, 0) is 4.74 Å². The van der Waals surface area contributed by atoms with Crippen molar-refractivity contribution in [3.05, 3.63) is 28.8 Å². The van der Waals surface area contributed by atoms with Crippen LogP contribution in [0.1, 0.15) is 10.4 Å². The summed E-state index contributed by atoms with van der Waals surface area (Å²) in [6.45, 7) is 0.404. The summed E-state index contributed by atoms with van der Waals surface area (Å²) in [6.07, 6.45) is -0.939. The van der Waals surface area contributed by atoms with Crippen molar-refractivity contribution < 1.29 is 24.2 Å². The molecule has 1 heterocycles. The molecule has 18 heavy (non-hydrogen) atoms. The summed E-state index contributed by atoms with van der Waals surface area (Å²) in [5.41, 5.74) is -0.101. The molecule has 1 atom stereocenters. The van der Waals surface area contributed by atoms with E-state index in [1.807, 2.05) is 0 Å². The van der Waals surface area contributed by atoms with Crippen molar-refractivity contribution in [2.75, 3.05) is 13.2 Å². The largest absolute Gasteiger partial charge is 0.489 e. The maximum absolute atomic E-state index is 11.0. The highest BCUT2D eigenvalue weighted by molar-refractivity contribution is 6.33. The van der Waals surface area contributed by atoms with Crippen LogP contribution < -0.4 is 10.1 Å². The van der Waals surface area contributed by atoms with Crippen molar-refractivity contribution in [1.82, 2.24) is 5.32 Å². The van der Waals surface area contributed by atoms with Crippen LogP contribution >= 0.6 is 11.6 Å². The third-order valence-corrected chi connectivity index (χ3v) is 2.68. The third kappa shape index (κ3) is 2.65. The Balaban J connectivity index is 2.07. The van der Waals surface area contributed by atoms with Crippen LogP contribution in [0.4, 0.5) is 4.79 Å². The standard InChI is InChI=1S/C11H10ClNO5/c12-7-2-1-3-8(9(7)10(14)15)17-5-6-4-13-11(16)18-6/h1-3,6H,4-5H2,(H,13,16)(H,14,15). The second-order valence-electron chi connectivity index (χ2n) is 3.64. The van der Waals surface area contributed by atoms with E-state index in [-0.39, 0.29) is 22.9 Å². The molecule has 1 amide bonds. The summed E-state index contributed by atoms with van der Waals surface area (Å²) in [7, 11) is 0. The molecule has 0 aromatic heterocycles. The summed E-state index contributed by atoms with van der Waals surface area (Å²) in [4.78, 5) is 21.8. The van der Waals surface area contributed by atoms with E-state index in [1.165, 1.54) is 12.1 Å². The van der Waals surface area contributed by atoms with E-state index in [4.69, 9.17) is 26.2 Å². The van der Waals surface area contributed by atoms with Gasteiger partial charge in [-0.2, -0.15) is 0 Å². The predicted molar refractivity (Wildman–Crippen MR) is 62.2 cm³/mol. The normalized spacial score (nSPS) is 18.1.